The van der Waals surface area contributed by atoms with Gasteiger partial charge in [0.15, 0.2) is 6.73 Å². The molecule has 8 heteroatoms. The summed E-state index contributed by atoms with van der Waals surface area (Å²) < 4.78 is 11.5. The van der Waals surface area contributed by atoms with Gasteiger partial charge in [-0.15, -0.1) is 0 Å². The molecule has 2 amide bonds. The zero-order chi connectivity index (χ0) is 15.8. The molecule has 0 saturated carbocycles. The van der Waals surface area contributed by atoms with Crippen molar-refractivity contribution < 1.29 is 14.3 Å². The molecule has 0 aliphatic heterocycles. The maximum absolute atomic E-state index is 11.6. The molecule has 1 heterocycles. The largest absolute Gasteiger partial charge is 0.494 e. The van der Waals surface area contributed by atoms with Crippen molar-refractivity contribution >= 4 is 27.9 Å². The molecule has 2 rings (SSSR count). The van der Waals surface area contributed by atoms with Gasteiger partial charge in [0.05, 0.1) is 11.1 Å². The number of nitrogens with zero attached hydrogens (tertiary/aromatic N) is 2. The van der Waals surface area contributed by atoms with Gasteiger partial charge in [0.1, 0.15) is 11.5 Å². The summed E-state index contributed by atoms with van der Waals surface area (Å²) in [5.74, 6) is 1.61. The zero-order valence-electron chi connectivity index (χ0n) is 11.9. The number of carbonyl (C=O) groups is 1. The smallest absolute Gasteiger partial charge is 0.324 e. The van der Waals surface area contributed by atoms with Gasteiger partial charge in [-0.3, -0.25) is 5.32 Å². The Kier molecular flexibility index (Phi) is 5.96. The Morgan fingerprint density at radius 3 is 2.32 bits per heavy atom. The summed E-state index contributed by atoms with van der Waals surface area (Å²) in [6, 6.07) is 6.68. The third-order valence-corrected chi connectivity index (χ3v) is 2.86. The number of hydrogen-bond donors (Lipinski definition) is 2. The second kappa shape index (κ2) is 8.18. The average Bonchev–Trinajstić information content (AvgIpc) is 2.52. The quantitative estimate of drug-likeness (QED) is 0.767. The Hall–Kier alpha value is -2.35. The molecule has 0 radical (unpaired) electrons. The van der Waals surface area contributed by atoms with Crippen molar-refractivity contribution in [2.24, 2.45) is 0 Å². The summed E-state index contributed by atoms with van der Waals surface area (Å²) >= 11 is 3.21. The lowest BCUT2D eigenvalue weighted by Crippen LogP contribution is -2.32. The number of carbonyl (C=O) groups excluding carboxylic acids is 1. The molecule has 0 spiro atoms. The van der Waals surface area contributed by atoms with Gasteiger partial charge >= 0.3 is 6.03 Å². The number of urea groups is 1. The molecule has 7 nitrogen and oxygen atoms in total. The van der Waals surface area contributed by atoms with Crippen LogP contribution in [0.15, 0.2) is 41.1 Å². The van der Waals surface area contributed by atoms with E-state index in [9.17, 15) is 4.79 Å². The summed E-state index contributed by atoms with van der Waals surface area (Å²) in [5.41, 5.74) is 0. The maximum Gasteiger partial charge on any atom is 0.324 e. The van der Waals surface area contributed by atoms with E-state index in [1.165, 1.54) is 0 Å². The van der Waals surface area contributed by atoms with E-state index in [0.29, 0.717) is 12.4 Å². The Balaban J connectivity index is 1.73. The predicted molar refractivity (Wildman–Crippen MR) is 85.0 cm³/mol. The molecular weight excluding hydrogens is 352 g/mol. The molecule has 2 N–H and O–H groups in total. The molecule has 2 aromatic rings. The van der Waals surface area contributed by atoms with Gasteiger partial charge in [0.25, 0.3) is 0 Å². The Labute approximate surface area is 136 Å². The topological polar surface area (TPSA) is 85.4 Å². The summed E-state index contributed by atoms with van der Waals surface area (Å²) in [6.45, 7) is 2.55. The number of halogens is 1. The molecule has 0 fully saturated rings. The second-order valence-electron chi connectivity index (χ2n) is 4.05. The number of amides is 2. The molecule has 116 valence electrons. The van der Waals surface area contributed by atoms with Crippen LogP contribution in [-0.4, -0.2) is 29.3 Å². The number of ether oxygens (including phenoxy) is 2. The number of benzene rings is 1. The van der Waals surface area contributed by atoms with E-state index in [0.717, 1.165) is 10.2 Å². The van der Waals surface area contributed by atoms with E-state index in [1.54, 1.807) is 36.7 Å². The number of hydrogen-bond acceptors (Lipinski definition) is 5. The molecule has 0 unspecified atom stereocenters. The van der Waals surface area contributed by atoms with Crippen molar-refractivity contribution in [2.45, 2.75) is 6.92 Å². The van der Waals surface area contributed by atoms with Crippen molar-refractivity contribution in [3.8, 4) is 11.5 Å². The van der Waals surface area contributed by atoms with Crippen molar-refractivity contribution in [3.05, 3.63) is 41.1 Å². The maximum atomic E-state index is 11.6. The van der Waals surface area contributed by atoms with E-state index in [2.05, 4.69) is 36.5 Å². The summed E-state index contributed by atoms with van der Waals surface area (Å²) in [6.07, 6.45) is 3.08. The lowest BCUT2D eigenvalue weighted by Gasteiger charge is -2.09. The Morgan fingerprint density at radius 1 is 1.14 bits per heavy atom. The summed E-state index contributed by atoms with van der Waals surface area (Å²) in [5, 5.41) is 5.03. The minimum Gasteiger partial charge on any atom is -0.494 e. The first-order chi connectivity index (χ1) is 10.7. The zero-order valence-corrected chi connectivity index (χ0v) is 13.5. The third-order valence-electron chi connectivity index (χ3n) is 2.45. The molecule has 0 bridgehead atoms. The molecule has 1 aromatic heterocycles. The van der Waals surface area contributed by atoms with Crippen LogP contribution in [0.1, 0.15) is 6.92 Å². The predicted octanol–water partition coefficient (Wildman–Crippen LogP) is 2.80. The highest BCUT2D eigenvalue weighted by Crippen LogP contribution is 2.17. The fourth-order valence-corrected chi connectivity index (χ4v) is 1.71. The van der Waals surface area contributed by atoms with Gasteiger partial charge in [0, 0.05) is 12.4 Å². The first kappa shape index (κ1) is 16.0. The normalized spacial score (nSPS) is 9.91. The highest BCUT2D eigenvalue weighted by atomic mass is 79.9. The highest BCUT2D eigenvalue weighted by molar-refractivity contribution is 9.10. The SMILES string of the molecule is CCOc1ccc(OCNC(=O)Nc2ncc(Br)cn2)cc1. The van der Waals surface area contributed by atoms with Gasteiger partial charge in [0.2, 0.25) is 5.95 Å². The number of aromatic nitrogens is 2. The van der Waals surface area contributed by atoms with Crippen molar-refractivity contribution in [1.82, 2.24) is 15.3 Å². The van der Waals surface area contributed by atoms with Crippen molar-refractivity contribution in [2.75, 3.05) is 18.7 Å². The van der Waals surface area contributed by atoms with Crippen LogP contribution >= 0.6 is 15.9 Å². The second-order valence-corrected chi connectivity index (χ2v) is 4.96. The van der Waals surface area contributed by atoms with Gasteiger partial charge in [-0.1, -0.05) is 0 Å². The van der Waals surface area contributed by atoms with Crippen LogP contribution in [0.3, 0.4) is 0 Å². The fraction of sp³-hybridized carbons (Fsp3) is 0.214. The molecule has 0 aliphatic rings. The summed E-state index contributed by atoms with van der Waals surface area (Å²) in [4.78, 5) is 19.5. The van der Waals surface area contributed by atoms with E-state index in [1.807, 2.05) is 6.92 Å². The van der Waals surface area contributed by atoms with Gasteiger partial charge in [-0.05, 0) is 47.1 Å². The van der Waals surface area contributed by atoms with Gasteiger partial charge < -0.3 is 14.8 Å². The van der Waals surface area contributed by atoms with Crippen LogP contribution < -0.4 is 20.1 Å². The number of nitrogens with one attached hydrogen (secondary N) is 2. The van der Waals surface area contributed by atoms with Crippen LogP contribution in [0, 0.1) is 0 Å². The highest BCUT2D eigenvalue weighted by Gasteiger charge is 2.03. The van der Waals surface area contributed by atoms with Gasteiger partial charge in [-0.2, -0.15) is 0 Å². The van der Waals surface area contributed by atoms with E-state index < -0.39 is 6.03 Å². The first-order valence-electron chi connectivity index (χ1n) is 6.55. The number of anilines is 1. The Morgan fingerprint density at radius 2 is 1.73 bits per heavy atom. The number of rotatable bonds is 6. The van der Waals surface area contributed by atoms with E-state index in [4.69, 9.17) is 9.47 Å². The van der Waals surface area contributed by atoms with E-state index in [-0.39, 0.29) is 12.7 Å². The van der Waals surface area contributed by atoms with Crippen molar-refractivity contribution in [1.29, 1.82) is 0 Å². The van der Waals surface area contributed by atoms with Crippen LogP contribution in [0.4, 0.5) is 10.7 Å². The molecule has 0 saturated heterocycles. The molecular formula is C14H15BrN4O3. The third kappa shape index (κ3) is 5.21. The molecule has 22 heavy (non-hydrogen) atoms. The van der Waals surface area contributed by atoms with Gasteiger partial charge in [-0.25, -0.2) is 14.8 Å². The minimum atomic E-state index is -0.451. The van der Waals surface area contributed by atoms with Crippen LogP contribution in [0.2, 0.25) is 0 Å². The van der Waals surface area contributed by atoms with Crippen LogP contribution in [0.5, 0.6) is 11.5 Å². The first-order valence-corrected chi connectivity index (χ1v) is 7.34. The summed E-state index contributed by atoms with van der Waals surface area (Å²) in [7, 11) is 0. The van der Waals surface area contributed by atoms with Crippen molar-refractivity contribution in [3.63, 3.8) is 0 Å². The van der Waals surface area contributed by atoms with Crippen LogP contribution in [0.25, 0.3) is 0 Å². The average molecular weight is 367 g/mol. The fourth-order valence-electron chi connectivity index (χ4n) is 1.51. The minimum absolute atomic E-state index is 0.0241. The molecule has 0 atom stereocenters. The Bertz CT molecular complexity index is 604. The molecule has 1 aromatic carbocycles. The van der Waals surface area contributed by atoms with Crippen LogP contribution in [-0.2, 0) is 0 Å². The monoisotopic (exact) mass is 366 g/mol. The standard InChI is InChI=1S/C14H15BrN4O3/c1-2-21-11-3-5-12(6-4-11)22-9-18-14(20)19-13-16-7-10(15)8-17-13/h3-8H,2,9H2,1H3,(H2,16,17,18,19,20). The van der Waals surface area contributed by atoms with E-state index >= 15 is 0 Å². The lowest BCUT2D eigenvalue weighted by molar-refractivity contribution is 0.234. The lowest BCUT2D eigenvalue weighted by atomic mass is 10.3. The molecule has 0 aliphatic carbocycles.